The topological polar surface area (TPSA) is 71.1 Å². The molecule has 2 aliphatic rings. The van der Waals surface area contributed by atoms with E-state index in [9.17, 15) is 9.90 Å². The maximum absolute atomic E-state index is 11.4. The molecule has 2 rings (SSSR count). The molecule has 0 aromatic carbocycles. The summed E-state index contributed by atoms with van der Waals surface area (Å²) in [6, 6.07) is -0.315. The van der Waals surface area contributed by atoms with Crippen molar-refractivity contribution < 1.29 is 19.4 Å². The largest absolute Gasteiger partial charge is 0.444 e. The molecule has 1 aliphatic heterocycles. The molecule has 1 aliphatic carbocycles. The van der Waals surface area contributed by atoms with Crippen molar-refractivity contribution in [2.45, 2.75) is 57.1 Å². The third kappa shape index (κ3) is 2.41. The molecule has 0 radical (unpaired) electrons. The van der Waals surface area contributed by atoms with Crippen LogP contribution >= 0.6 is 0 Å². The van der Waals surface area contributed by atoms with E-state index < -0.39 is 17.8 Å². The van der Waals surface area contributed by atoms with E-state index in [-0.39, 0.29) is 18.2 Å². The van der Waals surface area contributed by atoms with Gasteiger partial charge < -0.3 is 19.9 Å². The zero-order valence-corrected chi connectivity index (χ0v) is 9.19. The van der Waals surface area contributed by atoms with Crippen LogP contribution in [-0.2, 0) is 9.47 Å². The second kappa shape index (κ2) is 3.35. The summed E-state index contributed by atoms with van der Waals surface area (Å²) in [7, 11) is 0. The van der Waals surface area contributed by atoms with Crippen molar-refractivity contribution in [3.05, 3.63) is 0 Å². The zero-order valence-electron chi connectivity index (χ0n) is 9.19. The van der Waals surface area contributed by atoms with Crippen molar-refractivity contribution in [1.29, 1.82) is 0 Å². The number of nitrogens with one attached hydrogen (secondary N) is 1. The number of aliphatic hydroxyl groups excluding tert-OH is 1. The number of fused-ring (bicyclic) bond motifs is 1. The van der Waals surface area contributed by atoms with Gasteiger partial charge in [-0.15, -0.1) is 0 Å². The predicted molar refractivity (Wildman–Crippen MR) is 52.4 cm³/mol. The third-order valence-electron chi connectivity index (χ3n) is 2.55. The van der Waals surface area contributed by atoms with Gasteiger partial charge in [0.1, 0.15) is 11.7 Å². The first-order valence-corrected chi connectivity index (χ1v) is 5.20. The molecule has 86 valence electrons. The molecule has 4 atom stereocenters. The summed E-state index contributed by atoms with van der Waals surface area (Å²) in [5.74, 6) is 0. The van der Waals surface area contributed by atoms with Crippen molar-refractivity contribution in [3.8, 4) is 0 Å². The molecule has 1 amide bonds. The number of hydrogen-bond acceptors (Lipinski definition) is 4. The van der Waals surface area contributed by atoms with Crippen LogP contribution in [0.15, 0.2) is 0 Å². The Morgan fingerprint density at radius 1 is 1.53 bits per heavy atom. The van der Waals surface area contributed by atoms with Gasteiger partial charge in [-0.2, -0.15) is 0 Å². The first kappa shape index (κ1) is 10.7. The Kier molecular flexibility index (Phi) is 2.39. The number of rotatable bonds is 1. The van der Waals surface area contributed by atoms with Crippen molar-refractivity contribution in [1.82, 2.24) is 5.32 Å². The van der Waals surface area contributed by atoms with Crippen molar-refractivity contribution >= 4 is 6.09 Å². The average molecular weight is 215 g/mol. The summed E-state index contributed by atoms with van der Waals surface area (Å²) in [5, 5.41) is 12.2. The number of epoxide rings is 1. The van der Waals surface area contributed by atoms with Crippen molar-refractivity contribution in [2.24, 2.45) is 0 Å². The Morgan fingerprint density at radius 2 is 2.20 bits per heavy atom. The third-order valence-corrected chi connectivity index (χ3v) is 2.55. The lowest BCUT2D eigenvalue weighted by Gasteiger charge is -2.23. The SMILES string of the molecule is CC(C)(C)OC(=O)NC1C(O)CC2OC21. The molecule has 0 aromatic heterocycles. The number of carbonyl (C=O) groups is 1. The predicted octanol–water partition coefficient (Wildman–Crippen LogP) is 0.412. The molecule has 1 saturated carbocycles. The average Bonchev–Trinajstić information content (AvgIpc) is 2.70. The van der Waals surface area contributed by atoms with Crippen LogP contribution in [0.3, 0.4) is 0 Å². The quantitative estimate of drug-likeness (QED) is 0.621. The molecule has 0 bridgehead atoms. The highest BCUT2D eigenvalue weighted by atomic mass is 16.6. The first-order valence-electron chi connectivity index (χ1n) is 5.20. The van der Waals surface area contributed by atoms with E-state index in [4.69, 9.17) is 9.47 Å². The van der Waals surface area contributed by atoms with Gasteiger partial charge in [-0.05, 0) is 20.8 Å². The highest BCUT2D eigenvalue weighted by molar-refractivity contribution is 5.68. The minimum absolute atomic E-state index is 0.0208. The molecular formula is C10H17NO4. The molecule has 0 aromatic rings. The highest BCUT2D eigenvalue weighted by Gasteiger charge is 2.56. The lowest BCUT2D eigenvalue weighted by molar-refractivity contribution is 0.0377. The maximum atomic E-state index is 11.4. The number of hydrogen-bond donors (Lipinski definition) is 2. The second-order valence-electron chi connectivity index (χ2n) is 5.11. The van der Waals surface area contributed by atoms with Gasteiger partial charge in [0.15, 0.2) is 0 Å². The molecule has 2 fully saturated rings. The van der Waals surface area contributed by atoms with E-state index in [1.807, 2.05) is 0 Å². The molecule has 5 nitrogen and oxygen atoms in total. The summed E-state index contributed by atoms with van der Waals surface area (Å²) in [4.78, 5) is 11.4. The van der Waals surface area contributed by atoms with Gasteiger partial charge >= 0.3 is 6.09 Å². The van der Waals surface area contributed by atoms with E-state index >= 15 is 0 Å². The Balaban J connectivity index is 1.84. The zero-order chi connectivity index (χ0) is 11.2. The van der Waals surface area contributed by atoms with Crippen LogP contribution in [0.1, 0.15) is 27.2 Å². The number of aliphatic hydroxyl groups is 1. The van der Waals surface area contributed by atoms with Crippen LogP contribution < -0.4 is 5.32 Å². The molecule has 2 N–H and O–H groups in total. The smallest absolute Gasteiger partial charge is 0.408 e. The van der Waals surface area contributed by atoms with Crippen LogP contribution in [0, 0.1) is 0 Å². The van der Waals surface area contributed by atoms with Crippen molar-refractivity contribution in [2.75, 3.05) is 0 Å². The molecule has 4 unspecified atom stereocenters. The number of alkyl carbamates (subject to hydrolysis) is 1. The van der Waals surface area contributed by atoms with Gasteiger partial charge in [0.25, 0.3) is 0 Å². The van der Waals surface area contributed by atoms with E-state index in [1.54, 1.807) is 20.8 Å². The molecular weight excluding hydrogens is 198 g/mol. The monoisotopic (exact) mass is 215 g/mol. The van der Waals surface area contributed by atoms with E-state index in [0.29, 0.717) is 6.42 Å². The van der Waals surface area contributed by atoms with Gasteiger partial charge in [0, 0.05) is 6.42 Å². The Labute approximate surface area is 88.7 Å². The van der Waals surface area contributed by atoms with Gasteiger partial charge in [-0.3, -0.25) is 0 Å². The fraction of sp³-hybridized carbons (Fsp3) is 0.900. The van der Waals surface area contributed by atoms with Crippen LogP contribution in [0.2, 0.25) is 0 Å². The summed E-state index contributed by atoms with van der Waals surface area (Å²) in [5.41, 5.74) is -0.516. The summed E-state index contributed by atoms with van der Waals surface area (Å²) in [6.07, 6.45) is -0.304. The van der Waals surface area contributed by atoms with Gasteiger partial charge in [0.2, 0.25) is 0 Å². The van der Waals surface area contributed by atoms with E-state index in [2.05, 4.69) is 5.32 Å². The molecule has 15 heavy (non-hydrogen) atoms. The maximum Gasteiger partial charge on any atom is 0.408 e. The number of ether oxygens (including phenoxy) is 2. The normalized spacial score (nSPS) is 38.4. The van der Waals surface area contributed by atoms with Gasteiger partial charge in [0.05, 0.1) is 18.2 Å². The first-order chi connectivity index (χ1) is 6.87. The molecule has 1 saturated heterocycles. The Morgan fingerprint density at radius 3 is 2.67 bits per heavy atom. The van der Waals surface area contributed by atoms with Gasteiger partial charge in [-0.25, -0.2) is 4.79 Å². The van der Waals surface area contributed by atoms with Gasteiger partial charge in [-0.1, -0.05) is 0 Å². The van der Waals surface area contributed by atoms with E-state index in [1.165, 1.54) is 0 Å². The minimum atomic E-state index is -0.516. The highest BCUT2D eigenvalue weighted by Crippen LogP contribution is 2.38. The molecule has 5 heteroatoms. The van der Waals surface area contributed by atoms with E-state index in [0.717, 1.165) is 0 Å². The van der Waals surface area contributed by atoms with Crippen LogP contribution in [0.25, 0.3) is 0 Å². The molecule has 1 heterocycles. The Bertz CT molecular complexity index is 271. The lowest BCUT2D eigenvalue weighted by atomic mass is 10.2. The van der Waals surface area contributed by atoms with Crippen molar-refractivity contribution in [3.63, 3.8) is 0 Å². The van der Waals surface area contributed by atoms with Crippen LogP contribution in [0.4, 0.5) is 4.79 Å². The number of amides is 1. The van der Waals surface area contributed by atoms with Crippen LogP contribution in [-0.4, -0.2) is 41.2 Å². The fourth-order valence-corrected chi connectivity index (χ4v) is 1.89. The Hall–Kier alpha value is -0.810. The summed E-state index contributed by atoms with van der Waals surface area (Å²) < 4.78 is 10.3. The lowest BCUT2D eigenvalue weighted by Crippen LogP contribution is -2.46. The second-order valence-corrected chi connectivity index (χ2v) is 5.11. The molecule has 0 spiro atoms. The fourth-order valence-electron chi connectivity index (χ4n) is 1.89. The minimum Gasteiger partial charge on any atom is -0.444 e. The standard InChI is InChI=1S/C10H17NO4/c1-10(2,3)15-9(13)11-7-5(12)4-6-8(7)14-6/h5-8,12H,4H2,1-3H3,(H,11,13). The summed E-state index contributed by atoms with van der Waals surface area (Å²) in [6.45, 7) is 5.40. The number of carbonyl (C=O) groups excluding carboxylic acids is 1. The summed E-state index contributed by atoms with van der Waals surface area (Å²) >= 11 is 0. The van der Waals surface area contributed by atoms with Crippen LogP contribution in [0.5, 0.6) is 0 Å².